The van der Waals surface area contributed by atoms with Crippen LogP contribution in [0.3, 0.4) is 0 Å². The maximum atomic E-state index is 12.2. The minimum Gasteiger partial charge on any atom is -0.398 e. The predicted molar refractivity (Wildman–Crippen MR) is 80.5 cm³/mol. The number of nitrogen functional groups attached to an aromatic ring is 1. The molecule has 100 valence electrons. The number of para-hydroxylation sites is 1. The monoisotopic (exact) mass is 274 g/mol. The summed E-state index contributed by atoms with van der Waals surface area (Å²) in [6, 6.07) is 9.70. The topological polar surface area (TPSA) is 55.1 Å². The molecule has 3 nitrogen and oxygen atoms in total. The van der Waals surface area contributed by atoms with Crippen molar-refractivity contribution < 1.29 is 4.79 Å². The van der Waals surface area contributed by atoms with Crippen molar-refractivity contribution in [3.05, 3.63) is 51.7 Å². The summed E-state index contributed by atoms with van der Waals surface area (Å²) in [5, 5.41) is 5.03. The standard InChI is InChI=1S/C15H18N2OS/c1-10-5-3-7-13(14(10)16)15(18)17-11(2)9-12-6-4-8-19-12/h3-8,11H,9,16H2,1-2H3,(H,17,18). The molecule has 1 amide bonds. The molecule has 2 aromatic rings. The van der Waals surface area contributed by atoms with Gasteiger partial charge in [-0.25, -0.2) is 0 Å². The first-order valence-electron chi connectivity index (χ1n) is 6.26. The molecule has 3 N–H and O–H groups in total. The largest absolute Gasteiger partial charge is 0.398 e. The van der Waals surface area contributed by atoms with E-state index in [2.05, 4.69) is 11.4 Å². The van der Waals surface area contributed by atoms with Gasteiger partial charge >= 0.3 is 0 Å². The van der Waals surface area contributed by atoms with Crippen LogP contribution in [0.15, 0.2) is 35.7 Å². The van der Waals surface area contributed by atoms with Crippen molar-refractivity contribution in [1.29, 1.82) is 0 Å². The Labute approximate surface area is 117 Å². The molecule has 1 aromatic heterocycles. The van der Waals surface area contributed by atoms with Gasteiger partial charge in [-0.1, -0.05) is 18.2 Å². The summed E-state index contributed by atoms with van der Waals surface area (Å²) in [6.07, 6.45) is 0.842. The van der Waals surface area contributed by atoms with Gasteiger partial charge in [0.1, 0.15) is 0 Å². The summed E-state index contributed by atoms with van der Waals surface area (Å²) in [6.45, 7) is 3.91. The summed E-state index contributed by atoms with van der Waals surface area (Å²) in [4.78, 5) is 13.4. The maximum Gasteiger partial charge on any atom is 0.253 e. The average molecular weight is 274 g/mol. The van der Waals surface area contributed by atoms with E-state index in [0.29, 0.717) is 11.3 Å². The van der Waals surface area contributed by atoms with Crippen LogP contribution in [-0.4, -0.2) is 11.9 Å². The molecular formula is C15H18N2OS. The number of hydrogen-bond acceptors (Lipinski definition) is 3. The second-order valence-corrected chi connectivity index (χ2v) is 5.73. The Morgan fingerprint density at radius 1 is 1.37 bits per heavy atom. The molecule has 2 rings (SSSR count). The molecule has 0 fully saturated rings. The molecule has 4 heteroatoms. The highest BCUT2D eigenvalue weighted by atomic mass is 32.1. The third kappa shape index (κ3) is 3.35. The zero-order valence-corrected chi connectivity index (χ0v) is 12.0. The smallest absolute Gasteiger partial charge is 0.253 e. The van der Waals surface area contributed by atoms with Gasteiger partial charge in [-0.15, -0.1) is 11.3 Å². The van der Waals surface area contributed by atoms with Crippen LogP contribution in [0.5, 0.6) is 0 Å². The molecule has 0 saturated heterocycles. The van der Waals surface area contributed by atoms with Crippen LogP contribution in [-0.2, 0) is 6.42 Å². The van der Waals surface area contributed by atoms with Crippen LogP contribution in [0.25, 0.3) is 0 Å². The van der Waals surface area contributed by atoms with Crippen molar-refractivity contribution >= 4 is 22.9 Å². The SMILES string of the molecule is Cc1cccc(C(=O)NC(C)Cc2cccs2)c1N. The van der Waals surface area contributed by atoms with Crippen molar-refractivity contribution in [3.63, 3.8) is 0 Å². The zero-order valence-electron chi connectivity index (χ0n) is 11.1. The summed E-state index contributed by atoms with van der Waals surface area (Å²) in [7, 11) is 0. The van der Waals surface area contributed by atoms with E-state index >= 15 is 0 Å². The van der Waals surface area contributed by atoms with Gasteiger partial charge in [0.25, 0.3) is 5.91 Å². The summed E-state index contributed by atoms with van der Waals surface area (Å²) in [5.74, 6) is -0.106. The first-order valence-corrected chi connectivity index (χ1v) is 7.14. The fourth-order valence-corrected chi connectivity index (χ4v) is 2.80. The number of nitrogens with two attached hydrogens (primary N) is 1. The predicted octanol–water partition coefficient (Wildman–Crippen LogP) is 3.00. The van der Waals surface area contributed by atoms with Crippen LogP contribution < -0.4 is 11.1 Å². The highest BCUT2D eigenvalue weighted by Gasteiger charge is 2.13. The molecule has 1 unspecified atom stereocenters. The Kier molecular flexibility index (Phi) is 4.22. The molecule has 0 saturated carbocycles. The number of benzene rings is 1. The Morgan fingerprint density at radius 2 is 2.16 bits per heavy atom. The minimum absolute atomic E-state index is 0.0889. The number of nitrogens with one attached hydrogen (secondary N) is 1. The first-order chi connectivity index (χ1) is 9.08. The molecule has 0 aliphatic rings. The molecule has 0 spiro atoms. The summed E-state index contributed by atoms with van der Waals surface area (Å²) < 4.78 is 0. The van der Waals surface area contributed by atoms with E-state index in [4.69, 9.17) is 5.73 Å². The van der Waals surface area contributed by atoms with Crippen molar-refractivity contribution in [2.45, 2.75) is 26.3 Å². The van der Waals surface area contributed by atoms with Crippen LogP contribution >= 0.6 is 11.3 Å². The summed E-state index contributed by atoms with van der Waals surface area (Å²) >= 11 is 1.70. The Bertz CT molecular complexity index is 564. The molecule has 1 atom stereocenters. The summed E-state index contributed by atoms with van der Waals surface area (Å²) in [5.41, 5.74) is 7.98. The molecule has 0 bridgehead atoms. The van der Waals surface area contributed by atoms with Gasteiger partial charge in [-0.2, -0.15) is 0 Å². The van der Waals surface area contributed by atoms with Crippen molar-refractivity contribution in [2.75, 3.05) is 5.73 Å². The molecule has 19 heavy (non-hydrogen) atoms. The van der Waals surface area contributed by atoms with E-state index in [1.54, 1.807) is 17.4 Å². The highest BCUT2D eigenvalue weighted by Crippen LogP contribution is 2.17. The Balaban J connectivity index is 2.02. The number of carbonyl (C=O) groups excluding carboxylic acids is 1. The van der Waals surface area contributed by atoms with E-state index < -0.39 is 0 Å². The van der Waals surface area contributed by atoms with E-state index in [0.717, 1.165) is 12.0 Å². The van der Waals surface area contributed by atoms with Crippen LogP contribution in [0, 0.1) is 6.92 Å². The number of rotatable bonds is 4. The number of aryl methyl sites for hydroxylation is 1. The Hall–Kier alpha value is -1.81. The van der Waals surface area contributed by atoms with E-state index in [9.17, 15) is 4.79 Å². The molecule has 1 aromatic carbocycles. The molecule has 0 radical (unpaired) electrons. The highest BCUT2D eigenvalue weighted by molar-refractivity contribution is 7.09. The van der Waals surface area contributed by atoms with Gasteiger partial charge in [-0.05, 0) is 36.9 Å². The maximum absolute atomic E-state index is 12.2. The number of carbonyl (C=O) groups is 1. The number of anilines is 1. The van der Waals surface area contributed by atoms with E-state index in [1.165, 1.54) is 4.88 Å². The van der Waals surface area contributed by atoms with E-state index in [1.807, 2.05) is 37.4 Å². The van der Waals surface area contributed by atoms with Gasteiger partial charge in [0.15, 0.2) is 0 Å². The van der Waals surface area contributed by atoms with E-state index in [-0.39, 0.29) is 11.9 Å². The molecule has 1 heterocycles. The Morgan fingerprint density at radius 3 is 2.84 bits per heavy atom. The third-order valence-corrected chi connectivity index (χ3v) is 3.93. The molecular weight excluding hydrogens is 256 g/mol. The lowest BCUT2D eigenvalue weighted by Crippen LogP contribution is -2.34. The zero-order chi connectivity index (χ0) is 13.8. The van der Waals surface area contributed by atoms with Gasteiger partial charge in [0.2, 0.25) is 0 Å². The van der Waals surface area contributed by atoms with Crippen molar-refractivity contribution in [1.82, 2.24) is 5.32 Å². The molecule has 0 aliphatic heterocycles. The van der Waals surface area contributed by atoms with Gasteiger partial charge in [0.05, 0.1) is 5.56 Å². The lowest BCUT2D eigenvalue weighted by molar-refractivity contribution is 0.0941. The second kappa shape index (κ2) is 5.89. The lowest BCUT2D eigenvalue weighted by atomic mass is 10.1. The lowest BCUT2D eigenvalue weighted by Gasteiger charge is -2.14. The number of amides is 1. The number of thiophene rings is 1. The normalized spacial score (nSPS) is 12.1. The average Bonchev–Trinajstić information content (AvgIpc) is 2.85. The van der Waals surface area contributed by atoms with Gasteiger partial charge in [0, 0.05) is 23.0 Å². The molecule has 0 aliphatic carbocycles. The third-order valence-electron chi connectivity index (χ3n) is 3.03. The van der Waals surface area contributed by atoms with Crippen molar-refractivity contribution in [3.8, 4) is 0 Å². The van der Waals surface area contributed by atoms with Gasteiger partial charge < -0.3 is 11.1 Å². The fourth-order valence-electron chi connectivity index (χ4n) is 1.96. The van der Waals surface area contributed by atoms with Crippen LogP contribution in [0.2, 0.25) is 0 Å². The fraction of sp³-hybridized carbons (Fsp3) is 0.267. The quantitative estimate of drug-likeness (QED) is 0.842. The first kappa shape index (κ1) is 13.6. The van der Waals surface area contributed by atoms with Crippen LogP contribution in [0.4, 0.5) is 5.69 Å². The second-order valence-electron chi connectivity index (χ2n) is 4.69. The van der Waals surface area contributed by atoms with Crippen molar-refractivity contribution in [2.24, 2.45) is 0 Å². The van der Waals surface area contributed by atoms with Gasteiger partial charge in [-0.3, -0.25) is 4.79 Å². The minimum atomic E-state index is -0.106. The number of hydrogen-bond donors (Lipinski definition) is 2. The van der Waals surface area contributed by atoms with Crippen LogP contribution in [0.1, 0.15) is 27.7 Å².